The van der Waals surface area contributed by atoms with E-state index in [1.807, 2.05) is 32.6 Å². The van der Waals surface area contributed by atoms with E-state index in [9.17, 15) is 14.7 Å². The second kappa shape index (κ2) is 9.20. The molecule has 3 rings (SSSR count). The number of hydrogen-bond donors (Lipinski definition) is 1. The molecule has 1 saturated heterocycles. The molecule has 0 atom stereocenters. The van der Waals surface area contributed by atoms with Gasteiger partial charge in [-0.05, 0) is 44.9 Å². The third-order valence-electron chi connectivity index (χ3n) is 4.74. The number of piperazine rings is 1. The molecule has 166 valence electrons. The molecule has 1 aromatic heterocycles. The minimum atomic E-state index is -1.02. The first-order valence-corrected chi connectivity index (χ1v) is 10.3. The van der Waals surface area contributed by atoms with E-state index < -0.39 is 11.6 Å². The number of ether oxygens (including phenoxy) is 2. The van der Waals surface area contributed by atoms with Crippen molar-refractivity contribution in [3.63, 3.8) is 0 Å². The van der Waals surface area contributed by atoms with Crippen LogP contribution in [0.2, 0.25) is 0 Å². The van der Waals surface area contributed by atoms with Crippen LogP contribution >= 0.6 is 0 Å². The minimum absolute atomic E-state index is 0.153. The molecule has 2 heterocycles. The lowest BCUT2D eigenvalue weighted by atomic mass is 10.1. The summed E-state index contributed by atoms with van der Waals surface area (Å²) in [6.45, 7) is 9.64. The second-order valence-electron chi connectivity index (χ2n) is 8.23. The van der Waals surface area contributed by atoms with Crippen molar-refractivity contribution in [2.75, 3.05) is 31.1 Å². The highest BCUT2D eigenvalue weighted by Crippen LogP contribution is 2.27. The predicted molar refractivity (Wildman–Crippen MR) is 115 cm³/mol. The number of carbonyl (C=O) groups excluding carboxylic acids is 1. The van der Waals surface area contributed by atoms with Gasteiger partial charge in [0.05, 0.1) is 5.56 Å². The number of hydrogen-bond acceptors (Lipinski definition) is 7. The maximum atomic E-state index is 12.2. The number of carbonyl (C=O) groups is 2. The van der Waals surface area contributed by atoms with E-state index in [0.717, 1.165) is 5.56 Å². The Bertz CT molecular complexity index is 949. The lowest BCUT2D eigenvalue weighted by Gasteiger charge is -2.35. The van der Waals surface area contributed by atoms with Crippen LogP contribution in [-0.4, -0.2) is 63.8 Å². The van der Waals surface area contributed by atoms with E-state index in [-0.39, 0.29) is 11.7 Å². The van der Waals surface area contributed by atoms with E-state index in [2.05, 4.69) is 9.97 Å². The molecule has 1 aliphatic rings. The van der Waals surface area contributed by atoms with Crippen LogP contribution in [0.25, 0.3) is 0 Å². The van der Waals surface area contributed by atoms with E-state index in [4.69, 9.17) is 9.47 Å². The zero-order valence-electron chi connectivity index (χ0n) is 18.3. The maximum absolute atomic E-state index is 12.2. The van der Waals surface area contributed by atoms with Crippen LogP contribution in [0, 0.1) is 0 Å². The molecule has 0 saturated carbocycles. The third kappa shape index (κ3) is 5.84. The summed E-state index contributed by atoms with van der Waals surface area (Å²) < 4.78 is 11.3. The number of aryl methyl sites for hydroxylation is 1. The van der Waals surface area contributed by atoms with Crippen molar-refractivity contribution >= 4 is 18.0 Å². The van der Waals surface area contributed by atoms with E-state index >= 15 is 0 Å². The van der Waals surface area contributed by atoms with Crippen LogP contribution in [0.1, 0.15) is 43.6 Å². The van der Waals surface area contributed by atoms with Gasteiger partial charge in [-0.2, -0.15) is 4.98 Å². The fourth-order valence-corrected chi connectivity index (χ4v) is 3.14. The smallest absolute Gasteiger partial charge is 0.410 e. The molecule has 31 heavy (non-hydrogen) atoms. The van der Waals surface area contributed by atoms with Gasteiger partial charge in [-0.25, -0.2) is 14.6 Å². The molecule has 0 spiro atoms. The van der Waals surface area contributed by atoms with Gasteiger partial charge in [0.15, 0.2) is 0 Å². The normalized spacial score (nSPS) is 14.3. The zero-order valence-corrected chi connectivity index (χ0v) is 18.3. The number of benzene rings is 1. The highest BCUT2D eigenvalue weighted by Gasteiger charge is 2.27. The van der Waals surface area contributed by atoms with Gasteiger partial charge in [-0.15, -0.1) is 0 Å². The van der Waals surface area contributed by atoms with Crippen LogP contribution in [0.4, 0.5) is 10.7 Å². The maximum Gasteiger partial charge on any atom is 0.410 e. The summed E-state index contributed by atoms with van der Waals surface area (Å²) in [5, 5.41) is 9.25. The Morgan fingerprint density at radius 3 is 2.45 bits per heavy atom. The third-order valence-corrected chi connectivity index (χ3v) is 4.74. The van der Waals surface area contributed by atoms with Gasteiger partial charge in [-0.1, -0.05) is 13.0 Å². The molecule has 0 bridgehead atoms. The van der Waals surface area contributed by atoms with Gasteiger partial charge in [0.25, 0.3) is 0 Å². The number of aromatic carboxylic acids is 1. The molecule has 1 amide bonds. The second-order valence-corrected chi connectivity index (χ2v) is 8.23. The highest BCUT2D eigenvalue weighted by atomic mass is 16.6. The molecular formula is C22H28N4O5. The number of anilines is 1. The Kier molecular flexibility index (Phi) is 6.62. The van der Waals surface area contributed by atoms with Gasteiger partial charge in [0.1, 0.15) is 11.4 Å². The highest BCUT2D eigenvalue weighted by molar-refractivity contribution is 5.88. The summed E-state index contributed by atoms with van der Waals surface area (Å²) in [5.41, 5.74) is 0.508. The molecule has 1 N–H and O–H groups in total. The summed E-state index contributed by atoms with van der Waals surface area (Å²) in [5.74, 6) is 0.270. The average molecular weight is 428 g/mol. The standard InChI is InChI=1S/C22H28N4O5/c1-5-15-6-7-16(19(27)28)14-17(15)30-18-8-9-23-20(24-18)25-10-12-26(13-11-25)21(29)31-22(2,3)4/h6-9,14H,5,10-13H2,1-4H3,(H,27,28). The van der Waals surface area contributed by atoms with E-state index in [1.165, 1.54) is 6.07 Å². The SMILES string of the molecule is CCc1ccc(C(=O)O)cc1Oc1ccnc(N2CCN(C(=O)OC(C)(C)C)CC2)n1. The molecule has 1 fully saturated rings. The predicted octanol–water partition coefficient (Wildman–Crippen LogP) is 3.59. The Labute approximate surface area is 181 Å². The van der Waals surface area contributed by atoms with Crippen molar-refractivity contribution < 1.29 is 24.2 Å². The van der Waals surface area contributed by atoms with E-state index in [0.29, 0.717) is 50.2 Å². The lowest BCUT2D eigenvalue weighted by Crippen LogP contribution is -2.50. The largest absolute Gasteiger partial charge is 0.478 e. The summed E-state index contributed by atoms with van der Waals surface area (Å²) in [6, 6.07) is 6.44. The Morgan fingerprint density at radius 1 is 1.13 bits per heavy atom. The molecule has 0 aliphatic carbocycles. The Morgan fingerprint density at radius 2 is 1.84 bits per heavy atom. The summed E-state index contributed by atoms with van der Waals surface area (Å²) in [4.78, 5) is 36.0. The van der Waals surface area contributed by atoms with Gasteiger partial charge >= 0.3 is 12.1 Å². The summed E-state index contributed by atoms with van der Waals surface area (Å²) >= 11 is 0. The summed E-state index contributed by atoms with van der Waals surface area (Å²) in [7, 11) is 0. The molecule has 1 aromatic carbocycles. The molecule has 2 aromatic rings. The molecule has 1 aliphatic heterocycles. The first-order valence-electron chi connectivity index (χ1n) is 10.3. The number of carboxylic acid groups (broad SMARTS) is 1. The number of aromatic nitrogens is 2. The fourth-order valence-electron chi connectivity index (χ4n) is 3.14. The molecule has 9 nitrogen and oxygen atoms in total. The zero-order chi connectivity index (χ0) is 22.6. The Balaban J connectivity index is 1.69. The number of amides is 1. The van der Waals surface area contributed by atoms with Crippen LogP contribution in [-0.2, 0) is 11.2 Å². The van der Waals surface area contributed by atoms with Gasteiger partial charge in [-0.3, -0.25) is 0 Å². The first-order chi connectivity index (χ1) is 14.7. The van der Waals surface area contributed by atoms with Crippen molar-refractivity contribution in [3.05, 3.63) is 41.6 Å². The van der Waals surface area contributed by atoms with Crippen LogP contribution in [0.5, 0.6) is 11.6 Å². The van der Waals surface area contributed by atoms with Crippen LogP contribution < -0.4 is 9.64 Å². The van der Waals surface area contributed by atoms with Crippen molar-refractivity contribution in [3.8, 4) is 11.6 Å². The number of nitrogens with zero attached hydrogens (tertiary/aromatic N) is 4. The van der Waals surface area contributed by atoms with Crippen LogP contribution in [0.3, 0.4) is 0 Å². The molecular weight excluding hydrogens is 400 g/mol. The van der Waals surface area contributed by atoms with Crippen molar-refractivity contribution in [2.45, 2.75) is 39.7 Å². The average Bonchev–Trinajstić information content (AvgIpc) is 2.73. The number of carboxylic acids is 1. The van der Waals surface area contributed by atoms with E-state index in [1.54, 1.807) is 29.3 Å². The fraction of sp³-hybridized carbons (Fsp3) is 0.455. The number of rotatable bonds is 5. The monoisotopic (exact) mass is 428 g/mol. The molecule has 0 unspecified atom stereocenters. The summed E-state index contributed by atoms with van der Waals surface area (Å²) in [6.07, 6.45) is 1.97. The van der Waals surface area contributed by atoms with Gasteiger partial charge < -0.3 is 24.4 Å². The van der Waals surface area contributed by atoms with Crippen molar-refractivity contribution in [1.82, 2.24) is 14.9 Å². The first kappa shape index (κ1) is 22.3. The van der Waals surface area contributed by atoms with Gasteiger partial charge in [0.2, 0.25) is 11.8 Å². The Hall–Kier alpha value is -3.36. The minimum Gasteiger partial charge on any atom is -0.478 e. The van der Waals surface area contributed by atoms with Crippen molar-refractivity contribution in [1.29, 1.82) is 0 Å². The van der Waals surface area contributed by atoms with Gasteiger partial charge in [0, 0.05) is 38.4 Å². The molecule has 9 heteroatoms. The van der Waals surface area contributed by atoms with Crippen molar-refractivity contribution in [2.24, 2.45) is 0 Å². The quantitative estimate of drug-likeness (QED) is 0.770. The topological polar surface area (TPSA) is 105 Å². The lowest BCUT2D eigenvalue weighted by molar-refractivity contribution is 0.0240. The molecule has 0 radical (unpaired) electrons. The van der Waals surface area contributed by atoms with Crippen LogP contribution in [0.15, 0.2) is 30.5 Å².